The summed E-state index contributed by atoms with van der Waals surface area (Å²) < 4.78 is 15.9. The van der Waals surface area contributed by atoms with Gasteiger partial charge in [0.1, 0.15) is 12.7 Å². The molecule has 0 aliphatic carbocycles. The first kappa shape index (κ1) is 24.3. The Balaban J connectivity index is 1.76. The van der Waals surface area contributed by atoms with Crippen LogP contribution < -0.4 is 0 Å². The average Bonchev–Trinajstić information content (AvgIpc) is 2.90. The molecule has 3 rings (SSSR count). The van der Waals surface area contributed by atoms with Crippen LogP contribution in [0.2, 0.25) is 0 Å². The topological polar surface area (TPSA) is 123 Å². The molecule has 0 fully saturated rings. The van der Waals surface area contributed by atoms with Gasteiger partial charge < -0.3 is 24.7 Å². The number of esters is 3. The molecule has 0 saturated carbocycles. The highest BCUT2D eigenvalue weighted by atomic mass is 16.6. The summed E-state index contributed by atoms with van der Waals surface area (Å²) in [5.74, 6) is -2.27. The predicted molar refractivity (Wildman–Crippen MR) is 123 cm³/mol. The number of aliphatic hydroxyl groups is 1. The van der Waals surface area contributed by atoms with Gasteiger partial charge in [0.2, 0.25) is 0 Å². The molecule has 0 aromatic heterocycles. The minimum absolute atomic E-state index is 0.194. The smallest absolute Gasteiger partial charge is 0.338 e. The van der Waals surface area contributed by atoms with Gasteiger partial charge in [0, 0.05) is 6.21 Å². The van der Waals surface area contributed by atoms with Crippen molar-refractivity contribution in [2.75, 3.05) is 6.61 Å². The molecule has 174 valence electrons. The molecule has 0 heterocycles. The third kappa shape index (κ3) is 6.60. The highest BCUT2D eigenvalue weighted by Crippen LogP contribution is 2.15. The highest BCUT2D eigenvalue weighted by molar-refractivity contribution is 5.91. The summed E-state index contributed by atoms with van der Waals surface area (Å²) in [7, 11) is 0. The van der Waals surface area contributed by atoms with Gasteiger partial charge in [-0.05, 0) is 36.4 Å². The van der Waals surface area contributed by atoms with E-state index in [1.807, 2.05) is 0 Å². The molecular weight excluding hydrogens is 438 g/mol. The van der Waals surface area contributed by atoms with Crippen molar-refractivity contribution in [3.05, 3.63) is 108 Å². The van der Waals surface area contributed by atoms with Crippen LogP contribution in [0.5, 0.6) is 0 Å². The van der Waals surface area contributed by atoms with Gasteiger partial charge in [0.05, 0.1) is 16.7 Å². The second-order valence-electron chi connectivity index (χ2n) is 7.17. The number of carbonyl (C=O) groups is 3. The molecule has 3 aromatic rings. The van der Waals surface area contributed by atoms with Crippen LogP contribution in [0, 0.1) is 5.41 Å². The van der Waals surface area contributed by atoms with Crippen molar-refractivity contribution in [3.63, 3.8) is 0 Å². The summed E-state index contributed by atoms with van der Waals surface area (Å²) in [6, 6.07) is 24.2. The van der Waals surface area contributed by atoms with E-state index in [4.69, 9.17) is 19.6 Å². The maximum Gasteiger partial charge on any atom is 0.338 e. The van der Waals surface area contributed by atoms with Crippen molar-refractivity contribution < 1.29 is 33.7 Å². The summed E-state index contributed by atoms with van der Waals surface area (Å²) in [6.07, 6.45) is -3.80. The normalized spacial score (nSPS) is 13.1. The highest BCUT2D eigenvalue weighted by Gasteiger charge is 2.35. The van der Waals surface area contributed by atoms with Crippen molar-refractivity contribution >= 4 is 24.1 Å². The fraction of sp³-hybridized carbons (Fsp3) is 0.154. The van der Waals surface area contributed by atoms with E-state index in [0.717, 1.165) is 6.21 Å². The molecule has 0 spiro atoms. The van der Waals surface area contributed by atoms with Crippen LogP contribution in [-0.2, 0) is 14.2 Å². The lowest BCUT2D eigenvalue weighted by Gasteiger charge is -2.28. The lowest BCUT2D eigenvalue weighted by atomic mass is 10.1. The van der Waals surface area contributed by atoms with Crippen molar-refractivity contribution in [2.45, 2.75) is 18.3 Å². The molecule has 0 aliphatic rings. The molecule has 0 bridgehead atoms. The minimum atomic E-state index is -1.59. The van der Waals surface area contributed by atoms with Crippen LogP contribution in [0.4, 0.5) is 0 Å². The monoisotopic (exact) mass is 461 g/mol. The van der Waals surface area contributed by atoms with Crippen molar-refractivity contribution in [2.24, 2.45) is 0 Å². The standard InChI is InChI=1S/C26H23NO7/c27-16-22(33-25(30)19-12-6-2-7-13-19)23(34-26(31)20-14-8-3-9-15-20)21(28)17-32-24(29)18-10-4-1-5-11-18/h1-16,21-23,27-28H,17H2/t21-,22-,23+/m0/s1. The van der Waals surface area contributed by atoms with E-state index in [0.29, 0.717) is 0 Å². The Labute approximate surface area is 196 Å². The summed E-state index contributed by atoms with van der Waals surface area (Å²) in [6.45, 7) is -0.562. The summed E-state index contributed by atoms with van der Waals surface area (Å²) >= 11 is 0. The van der Waals surface area contributed by atoms with E-state index in [1.54, 1.807) is 66.7 Å². The summed E-state index contributed by atoms with van der Waals surface area (Å²) in [5, 5.41) is 18.5. The molecule has 0 radical (unpaired) electrons. The molecule has 34 heavy (non-hydrogen) atoms. The Bertz CT molecular complexity index is 1100. The molecule has 3 atom stereocenters. The Morgan fingerprint density at radius 2 is 1.12 bits per heavy atom. The molecule has 0 aliphatic heterocycles. The molecular formula is C26H23NO7. The fourth-order valence-electron chi connectivity index (χ4n) is 3.01. The Hall–Kier alpha value is -4.30. The molecule has 2 N–H and O–H groups in total. The van der Waals surface area contributed by atoms with Crippen LogP contribution >= 0.6 is 0 Å². The Morgan fingerprint density at radius 3 is 1.56 bits per heavy atom. The van der Waals surface area contributed by atoms with Crippen molar-refractivity contribution in [1.29, 1.82) is 5.41 Å². The van der Waals surface area contributed by atoms with Gasteiger partial charge in [-0.2, -0.15) is 0 Å². The second-order valence-corrected chi connectivity index (χ2v) is 7.17. The van der Waals surface area contributed by atoms with Gasteiger partial charge in [0.15, 0.2) is 12.2 Å². The van der Waals surface area contributed by atoms with E-state index in [-0.39, 0.29) is 16.7 Å². The third-order valence-corrected chi connectivity index (χ3v) is 4.77. The van der Waals surface area contributed by atoms with Gasteiger partial charge in [0.25, 0.3) is 0 Å². The van der Waals surface area contributed by atoms with E-state index >= 15 is 0 Å². The fourth-order valence-corrected chi connectivity index (χ4v) is 3.01. The van der Waals surface area contributed by atoms with Crippen LogP contribution in [0.15, 0.2) is 91.0 Å². The lowest BCUT2D eigenvalue weighted by Crippen LogP contribution is -2.46. The SMILES string of the molecule is N=C[C@H](OC(=O)c1ccccc1)[C@H](OC(=O)c1ccccc1)[C@@H](O)COC(=O)c1ccccc1. The number of aliphatic hydroxyl groups excluding tert-OH is 1. The van der Waals surface area contributed by atoms with Gasteiger partial charge in [-0.3, -0.25) is 0 Å². The largest absolute Gasteiger partial charge is 0.459 e. The minimum Gasteiger partial charge on any atom is -0.459 e. The second kappa shape index (κ2) is 12.1. The zero-order valence-electron chi connectivity index (χ0n) is 18.1. The van der Waals surface area contributed by atoms with Gasteiger partial charge in [-0.1, -0.05) is 54.6 Å². The van der Waals surface area contributed by atoms with Gasteiger partial charge in [-0.25, -0.2) is 14.4 Å². The molecule has 0 amide bonds. The molecule has 0 saturated heterocycles. The van der Waals surface area contributed by atoms with Crippen LogP contribution in [0.1, 0.15) is 31.1 Å². The van der Waals surface area contributed by atoms with E-state index < -0.39 is 42.8 Å². The number of carbonyl (C=O) groups excluding carboxylic acids is 3. The number of hydrogen-bond donors (Lipinski definition) is 2. The van der Waals surface area contributed by atoms with Gasteiger partial charge >= 0.3 is 17.9 Å². The number of ether oxygens (including phenoxy) is 3. The predicted octanol–water partition coefficient (Wildman–Crippen LogP) is 3.31. The van der Waals surface area contributed by atoms with Crippen molar-refractivity contribution in [3.8, 4) is 0 Å². The van der Waals surface area contributed by atoms with Crippen molar-refractivity contribution in [1.82, 2.24) is 0 Å². The lowest BCUT2D eigenvalue weighted by molar-refractivity contribution is -0.0780. The average molecular weight is 461 g/mol. The maximum absolute atomic E-state index is 12.6. The first-order valence-corrected chi connectivity index (χ1v) is 10.4. The number of nitrogens with one attached hydrogen (secondary N) is 1. The van der Waals surface area contributed by atoms with Gasteiger partial charge in [-0.15, -0.1) is 0 Å². The number of benzene rings is 3. The zero-order valence-corrected chi connectivity index (χ0v) is 18.1. The summed E-state index contributed by atoms with van der Waals surface area (Å²) in [4.78, 5) is 37.4. The molecule has 3 aromatic carbocycles. The van der Waals surface area contributed by atoms with Crippen LogP contribution in [-0.4, -0.2) is 54.1 Å². The zero-order chi connectivity index (χ0) is 24.3. The van der Waals surface area contributed by atoms with E-state index in [9.17, 15) is 19.5 Å². The third-order valence-electron chi connectivity index (χ3n) is 4.77. The van der Waals surface area contributed by atoms with E-state index in [2.05, 4.69) is 0 Å². The first-order chi connectivity index (χ1) is 16.5. The molecule has 0 unspecified atom stereocenters. The number of hydrogen-bond acceptors (Lipinski definition) is 8. The van der Waals surface area contributed by atoms with Crippen LogP contribution in [0.3, 0.4) is 0 Å². The maximum atomic E-state index is 12.6. The Morgan fingerprint density at radius 1 is 0.706 bits per heavy atom. The first-order valence-electron chi connectivity index (χ1n) is 10.4. The quantitative estimate of drug-likeness (QED) is 0.270. The molecule has 8 heteroatoms. The van der Waals surface area contributed by atoms with E-state index in [1.165, 1.54) is 24.3 Å². The molecule has 8 nitrogen and oxygen atoms in total. The number of rotatable bonds is 10. The summed E-state index contributed by atoms with van der Waals surface area (Å²) in [5.41, 5.74) is 0.679. The van der Waals surface area contributed by atoms with Crippen LogP contribution in [0.25, 0.3) is 0 Å². The Kier molecular flexibility index (Phi) is 8.65.